The van der Waals surface area contributed by atoms with Crippen molar-refractivity contribution in [3.05, 3.63) is 106 Å². The highest BCUT2D eigenvalue weighted by molar-refractivity contribution is 6.01. The Kier molecular flexibility index (Phi) is 9.24. The molecule has 1 saturated heterocycles. The zero-order valence-corrected chi connectivity index (χ0v) is 26.2. The smallest absolute Gasteiger partial charge is 0.338 e. The van der Waals surface area contributed by atoms with Crippen molar-refractivity contribution < 1.29 is 37.4 Å². The van der Waals surface area contributed by atoms with Crippen LogP contribution in [0.3, 0.4) is 0 Å². The molecule has 0 bridgehead atoms. The van der Waals surface area contributed by atoms with E-state index in [9.17, 15) is 23.2 Å². The van der Waals surface area contributed by atoms with Gasteiger partial charge in [-0.05, 0) is 68.7 Å². The van der Waals surface area contributed by atoms with Crippen LogP contribution in [-0.4, -0.2) is 74.8 Å². The van der Waals surface area contributed by atoms with Gasteiger partial charge in [-0.1, -0.05) is 42.5 Å². The second-order valence-electron chi connectivity index (χ2n) is 11.8. The van der Waals surface area contributed by atoms with Crippen LogP contribution in [0.5, 0.6) is 11.5 Å². The Hall–Kier alpha value is -4.81. The number of likely N-dealkylation sites (tertiary alicyclic amines) is 1. The maximum absolute atomic E-state index is 14.3. The lowest BCUT2D eigenvalue weighted by Gasteiger charge is -2.46. The van der Waals surface area contributed by atoms with E-state index in [0.29, 0.717) is 13.0 Å². The fraction of sp³-hybridized carbons (Fsp3) is 0.343. The van der Waals surface area contributed by atoms with Crippen LogP contribution in [0.25, 0.3) is 0 Å². The molecule has 0 radical (unpaired) electrons. The number of fused-ring (bicyclic) bond motifs is 4. The van der Waals surface area contributed by atoms with Crippen molar-refractivity contribution in [1.29, 1.82) is 0 Å². The Morgan fingerprint density at radius 3 is 2.26 bits per heavy atom. The van der Waals surface area contributed by atoms with Crippen LogP contribution in [0, 0.1) is 11.6 Å². The van der Waals surface area contributed by atoms with Gasteiger partial charge in [0, 0.05) is 30.2 Å². The standard InChI is InChI=1S/C35H36F2N4O6/c1-45-21-27-30(32(42)46-2)31(22-12-13-25(36)26(37)20-22)41(34(44)39-27)33(43)38-16-7-17-40-18-14-35(15-19-40)23-8-3-5-10-28(23)47-29-11-6-4-9-24(29)35/h3-6,8-13,20,31H,7,14-19,21H2,1-2H3,(H,38,43)(H,39,44). The summed E-state index contributed by atoms with van der Waals surface area (Å²) in [7, 11) is 2.51. The SMILES string of the molecule is COCC1=C(C(=O)OC)C(c2ccc(F)c(F)c2)N(C(=O)NCCCN2CCC3(CC2)c2ccccc2Oc2ccccc23)C(=O)N1. The summed E-state index contributed by atoms with van der Waals surface area (Å²) >= 11 is 0. The van der Waals surface area contributed by atoms with Crippen molar-refractivity contribution in [2.45, 2.75) is 30.7 Å². The van der Waals surface area contributed by atoms with Crippen LogP contribution >= 0.6 is 0 Å². The third-order valence-electron chi connectivity index (χ3n) is 9.17. The van der Waals surface area contributed by atoms with E-state index < -0.39 is 35.7 Å². The highest BCUT2D eigenvalue weighted by Crippen LogP contribution is 2.52. The van der Waals surface area contributed by atoms with Crippen LogP contribution in [0.1, 0.15) is 42.0 Å². The first-order valence-corrected chi connectivity index (χ1v) is 15.5. The molecule has 1 spiro atoms. The Labute approximate surface area is 271 Å². The van der Waals surface area contributed by atoms with Crippen LogP contribution in [-0.2, 0) is 19.7 Å². The summed E-state index contributed by atoms with van der Waals surface area (Å²) in [6, 6.07) is 16.3. The molecular weight excluding hydrogens is 610 g/mol. The van der Waals surface area contributed by atoms with Gasteiger partial charge in [0.15, 0.2) is 11.6 Å². The van der Waals surface area contributed by atoms with Gasteiger partial charge in [-0.3, -0.25) is 0 Å². The molecule has 246 valence electrons. The summed E-state index contributed by atoms with van der Waals surface area (Å²) in [5.74, 6) is -1.38. The van der Waals surface area contributed by atoms with Crippen LogP contribution < -0.4 is 15.4 Å². The van der Waals surface area contributed by atoms with Crippen LogP contribution in [0.2, 0.25) is 0 Å². The van der Waals surface area contributed by atoms with Gasteiger partial charge in [0.2, 0.25) is 0 Å². The highest BCUT2D eigenvalue weighted by Gasteiger charge is 2.45. The van der Waals surface area contributed by atoms with Gasteiger partial charge in [0.05, 0.1) is 25.0 Å². The number of para-hydroxylation sites is 2. The Bertz CT molecular complexity index is 1670. The van der Waals surface area contributed by atoms with Gasteiger partial charge >= 0.3 is 18.0 Å². The van der Waals surface area contributed by atoms with Crippen molar-refractivity contribution in [3.8, 4) is 11.5 Å². The van der Waals surface area contributed by atoms with Crippen molar-refractivity contribution in [2.75, 3.05) is 47.0 Å². The largest absolute Gasteiger partial charge is 0.466 e. The second kappa shape index (κ2) is 13.5. The number of nitrogens with one attached hydrogen (secondary N) is 2. The molecule has 3 aliphatic heterocycles. The number of hydrogen-bond donors (Lipinski definition) is 2. The van der Waals surface area contributed by atoms with Gasteiger partial charge in [0.1, 0.15) is 17.5 Å². The van der Waals surface area contributed by atoms with E-state index in [1.54, 1.807) is 0 Å². The van der Waals surface area contributed by atoms with Crippen molar-refractivity contribution in [2.24, 2.45) is 0 Å². The fourth-order valence-corrected chi connectivity index (χ4v) is 6.92. The minimum Gasteiger partial charge on any atom is -0.466 e. The van der Waals surface area contributed by atoms with Crippen molar-refractivity contribution in [3.63, 3.8) is 0 Å². The predicted octanol–water partition coefficient (Wildman–Crippen LogP) is 5.39. The molecule has 1 fully saturated rings. The molecule has 3 aromatic rings. The average Bonchev–Trinajstić information content (AvgIpc) is 3.08. The fourth-order valence-electron chi connectivity index (χ4n) is 6.92. The van der Waals surface area contributed by atoms with E-state index in [1.807, 2.05) is 24.3 Å². The number of piperidine rings is 1. The van der Waals surface area contributed by atoms with Gasteiger partial charge < -0.3 is 29.7 Å². The van der Waals surface area contributed by atoms with E-state index in [1.165, 1.54) is 24.3 Å². The monoisotopic (exact) mass is 646 g/mol. The molecule has 12 heteroatoms. The minimum atomic E-state index is -1.39. The molecule has 6 rings (SSSR count). The number of carbonyl (C=O) groups excluding carboxylic acids is 3. The maximum atomic E-state index is 14.3. The zero-order valence-electron chi connectivity index (χ0n) is 26.2. The number of amides is 4. The number of halogens is 2. The maximum Gasteiger partial charge on any atom is 0.338 e. The normalized spacial score (nSPS) is 18.6. The molecule has 0 aromatic heterocycles. The van der Waals surface area contributed by atoms with Crippen LogP contribution in [0.15, 0.2) is 78.0 Å². The number of carbonyl (C=O) groups is 3. The Morgan fingerprint density at radius 2 is 1.64 bits per heavy atom. The molecule has 0 saturated carbocycles. The highest BCUT2D eigenvalue weighted by atomic mass is 19.2. The Morgan fingerprint density at radius 1 is 0.979 bits per heavy atom. The van der Waals surface area contributed by atoms with E-state index in [-0.39, 0.29) is 35.4 Å². The molecule has 3 aromatic carbocycles. The minimum absolute atomic E-state index is 0.0152. The van der Waals surface area contributed by atoms with Gasteiger partial charge in [-0.15, -0.1) is 0 Å². The van der Waals surface area contributed by atoms with Crippen molar-refractivity contribution >= 4 is 18.0 Å². The summed E-state index contributed by atoms with van der Waals surface area (Å²) in [6.07, 6.45) is 2.41. The molecular formula is C35H36F2N4O6. The van der Waals surface area contributed by atoms with E-state index in [4.69, 9.17) is 14.2 Å². The van der Waals surface area contributed by atoms with Crippen LogP contribution in [0.4, 0.5) is 18.4 Å². The summed E-state index contributed by atoms with van der Waals surface area (Å²) in [5, 5.41) is 5.28. The second-order valence-corrected chi connectivity index (χ2v) is 11.8. The molecule has 10 nitrogen and oxygen atoms in total. The predicted molar refractivity (Wildman–Crippen MR) is 168 cm³/mol. The summed E-state index contributed by atoms with van der Waals surface area (Å²) < 4.78 is 44.5. The molecule has 3 heterocycles. The number of benzene rings is 3. The molecule has 3 aliphatic rings. The molecule has 2 N–H and O–H groups in total. The molecule has 47 heavy (non-hydrogen) atoms. The molecule has 4 amide bonds. The molecule has 1 atom stereocenters. The number of ether oxygens (including phenoxy) is 3. The van der Waals surface area contributed by atoms with Crippen molar-refractivity contribution in [1.82, 2.24) is 20.4 Å². The molecule has 0 aliphatic carbocycles. The summed E-state index contributed by atoms with van der Waals surface area (Å²) in [4.78, 5) is 42.8. The third kappa shape index (κ3) is 6.06. The number of rotatable bonds is 8. The van der Waals surface area contributed by atoms with Gasteiger partial charge in [0.25, 0.3) is 0 Å². The van der Waals surface area contributed by atoms with E-state index in [2.05, 4.69) is 39.8 Å². The molecule has 1 unspecified atom stereocenters. The first-order valence-electron chi connectivity index (χ1n) is 15.5. The van der Waals surface area contributed by atoms with Gasteiger partial charge in [-0.25, -0.2) is 28.1 Å². The van der Waals surface area contributed by atoms with Gasteiger partial charge in [-0.2, -0.15) is 0 Å². The number of methoxy groups -OCH3 is 2. The number of nitrogens with zero attached hydrogens (tertiary/aromatic N) is 2. The first kappa shape index (κ1) is 32.1. The number of imide groups is 1. The summed E-state index contributed by atoms with van der Waals surface area (Å²) in [5.41, 5.74) is 2.21. The zero-order chi connectivity index (χ0) is 33.1. The van der Waals surface area contributed by atoms with E-state index >= 15 is 0 Å². The lowest BCUT2D eigenvalue weighted by Crippen LogP contribution is -2.55. The third-order valence-corrected chi connectivity index (χ3v) is 9.17. The average molecular weight is 647 g/mol. The number of urea groups is 2. The lowest BCUT2D eigenvalue weighted by molar-refractivity contribution is -0.137. The quantitative estimate of drug-likeness (QED) is 0.250. The first-order chi connectivity index (χ1) is 22.8. The lowest BCUT2D eigenvalue weighted by atomic mass is 9.66. The number of esters is 1. The summed E-state index contributed by atoms with van der Waals surface area (Å²) in [6.45, 7) is 2.45. The number of hydrogen-bond acceptors (Lipinski definition) is 7. The topological polar surface area (TPSA) is 109 Å². The Balaban J connectivity index is 1.13. The van der Waals surface area contributed by atoms with E-state index in [0.717, 1.165) is 61.6 Å².